The highest BCUT2D eigenvalue weighted by Crippen LogP contribution is 2.28. The molecule has 0 aliphatic heterocycles. The van der Waals surface area contributed by atoms with Crippen LogP contribution in [0.25, 0.3) is 0 Å². The molecule has 4 heteroatoms. The predicted octanol–water partition coefficient (Wildman–Crippen LogP) is 4.83. The summed E-state index contributed by atoms with van der Waals surface area (Å²) in [5, 5.41) is 3.88. The van der Waals surface area contributed by atoms with Gasteiger partial charge in [0.2, 0.25) is 5.89 Å². The van der Waals surface area contributed by atoms with Crippen molar-refractivity contribution in [3.8, 4) is 0 Å². The highest BCUT2D eigenvalue weighted by molar-refractivity contribution is 6.20. The van der Waals surface area contributed by atoms with Crippen LogP contribution in [0.1, 0.15) is 82.3 Å². The van der Waals surface area contributed by atoms with Gasteiger partial charge in [-0.2, -0.15) is 4.98 Å². The van der Waals surface area contributed by atoms with Crippen molar-refractivity contribution in [2.45, 2.75) is 70.6 Å². The zero-order valence-corrected chi connectivity index (χ0v) is 11.8. The van der Waals surface area contributed by atoms with E-state index in [0.29, 0.717) is 11.7 Å². The molecule has 0 N–H and O–H groups in total. The van der Waals surface area contributed by atoms with E-state index in [-0.39, 0.29) is 5.38 Å². The second kappa shape index (κ2) is 7.70. The summed E-state index contributed by atoms with van der Waals surface area (Å²) in [6, 6.07) is 0. The second-order valence-corrected chi connectivity index (χ2v) is 5.02. The number of nitrogens with zero attached hydrogens (tertiary/aromatic N) is 2. The summed E-state index contributed by atoms with van der Waals surface area (Å²) in [7, 11) is 0. The molecule has 0 saturated heterocycles. The normalized spacial score (nSPS) is 14.8. The van der Waals surface area contributed by atoms with Crippen molar-refractivity contribution in [1.29, 1.82) is 0 Å². The van der Waals surface area contributed by atoms with E-state index in [1.54, 1.807) is 0 Å². The van der Waals surface area contributed by atoms with Crippen LogP contribution in [0.4, 0.5) is 0 Å². The molecule has 1 heterocycles. The molecule has 2 unspecified atom stereocenters. The van der Waals surface area contributed by atoms with E-state index in [4.69, 9.17) is 16.1 Å². The van der Waals surface area contributed by atoms with Gasteiger partial charge >= 0.3 is 0 Å². The van der Waals surface area contributed by atoms with Gasteiger partial charge in [-0.25, -0.2) is 0 Å². The molecule has 0 radical (unpaired) electrons. The van der Waals surface area contributed by atoms with Crippen molar-refractivity contribution in [2.24, 2.45) is 0 Å². The molecule has 0 aromatic carbocycles. The fourth-order valence-electron chi connectivity index (χ4n) is 1.88. The van der Waals surface area contributed by atoms with E-state index in [2.05, 4.69) is 30.9 Å². The average molecular weight is 259 g/mol. The van der Waals surface area contributed by atoms with Crippen LogP contribution in [-0.2, 0) is 0 Å². The Morgan fingerprint density at radius 3 is 2.53 bits per heavy atom. The van der Waals surface area contributed by atoms with Crippen molar-refractivity contribution in [3.05, 3.63) is 11.7 Å². The molecule has 0 saturated carbocycles. The van der Waals surface area contributed by atoms with Gasteiger partial charge in [0.1, 0.15) is 0 Å². The number of alkyl halides is 1. The first-order chi connectivity index (χ1) is 8.22. The van der Waals surface area contributed by atoms with Gasteiger partial charge in [0.25, 0.3) is 0 Å². The van der Waals surface area contributed by atoms with Crippen LogP contribution in [0, 0.1) is 0 Å². The maximum absolute atomic E-state index is 6.19. The van der Waals surface area contributed by atoms with Crippen molar-refractivity contribution >= 4 is 11.6 Å². The van der Waals surface area contributed by atoms with Crippen LogP contribution < -0.4 is 0 Å². The van der Waals surface area contributed by atoms with E-state index in [0.717, 1.165) is 31.6 Å². The summed E-state index contributed by atoms with van der Waals surface area (Å²) in [6.45, 7) is 6.46. The quantitative estimate of drug-likeness (QED) is 0.627. The Labute approximate surface area is 109 Å². The molecule has 3 nitrogen and oxygen atoms in total. The number of halogens is 1. The number of unbranched alkanes of at least 4 members (excludes halogenated alkanes) is 1. The van der Waals surface area contributed by atoms with Gasteiger partial charge in [0.05, 0.1) is 5.38 Å². The fourth-order valence-corrected chi connectivity index (χ4v) is 2.18. The largest absolute Gasteiger partial charge is 0.339 e. The number of hydrogen-bond acceptors (Lipinski definition) is 3. The van der Waals surface area contributed by atoms with E-state index in [1.165, 1.54) is 12.8 Å². The van der Waals surface area contributed by atoms with Crippen molar-refractivity contribution in [3.63, 3.8) is 0 Å². The third kappa shape index (κ3) is 4.30. The van der Waals surface area contributed by atoms with Crippen LogP contribution in [-0.4, -0.2) is 10.1 Å². The lowest BCUT2D eigenvalue weighted by Gasteiger charge is -2.08. The van der Waals surface area contributed by atoms with Crippen LogP contribution in [0.2, 0.25) is 0 Å². The lowest BCUT2D eigenvalue weighted by atomic mass is 9.99. The summed E-state index contributed by atoms with van der Waals surface area (Å²) < 4.78 is 5.34. The van der Waals surface area contributed by atoms with E-state index in [9.17, 15) is 0 Å². The predicted molar refractivity (Wildman–Crippen MR) is 70.4 cm³/mol. The molecule has 0 aliphatic carbocycles. The Morgan fingerprint density at radius 2 is 1.94 bits per heavy atom. The van der Waals surface area contributed by atoms with Gasteiger partial charge < -0.3 is 4.52 Å². The monoisotopic (exact) mass is 258 g/mol. The summed E-state index contributed by atoms with van der Waals surface area (Å²) >= 11 is 6.19. The zero-order chi connectivity index (χ0) is 12.7. The molecule has 1 rings (SSSR count). The maximum Gasteiger partial charge on any atom is 0.229 e. The Hall–Kier alpha value is -0.570. The van der Waals surface area contributed by atoms with Crippen LogP contribution in [0.15, 0.2) is 4.52 Å². The molecule has 1 aromatic heterocycles. The summed E-state index contributed by atoms with van der Waals surface area (Å²) in [6.07, 6.45) is 6.50. The van der Waals surface area contributed by atoms with Crippen molar-refractivity contribution in [2.75, 3.05) is 0 Å². The summed E-state index contributed by atoms with van der Waals surface area (Å²) in [4.78, 5) is 4.44. The van der Waals surface area contributed by atoms with Gasteiger partial charge in [-0.15, -0.1) is 11.6 Å². The Balaban J connectivity index is 2.64. The Kier molecular flexibility index (Phi) is 6.56. The third-order valence-electron chi connectivity index (χ3n) is 3.03. The molecule has 98 valence electrons. The van der Waals surface area contributed by atoms with E-state index >= 15 is 0 Å². The van der Waals surface area contributed by atoms with Gasteiger partial charge in [0.15, 0.2) is 5.82 Å². The highest BCUT2D eigenvalue weighted by atomic mass is 35.5. The first-order valence-electron chi connectivity index (χ1n) is 6.70. The Bertz CT molecular complexity index is 314. The molecule has 0 aliphatic rings. The number of hydrogen-bond donors (Lipinski definition) is 0. The third-order valence-corrected chi connectivity index (χ3v) is 3.44. The SMILES string of the molecule is CCCCC(CC)c1nc(C(Cl)CCC)no1. The molecule has 2 atom stereocenters. The van der Waals surface area contributed by atoms with Crippen molar-refractivity contribution < 1.29 is 4.52 Å². The molecular formula is C13H23ClN2O. The number of aromatic nitrogens is 2. The van der Waals surface area contributed by atoms with Gasteiger partial charge in [-0.05, 0) is 19.3 Å². The van der Waals surface area contributed by atoms with E-state index < -0.39 is 0 Å². The zero-order valence-electron chi connectivity index (χ0n) is 11.1. The van der Waals surface area contributed by atoms with Crippen LogP contribution in [0.5, 0.6) is 0 Å². The van der Waals surface area contributed by atoms with Gasteiger partial charge in [-0.1, -0.05) is 45.2 Å². The van der Waals surface area contributed by atoms with Crippen LogP contribution >= 0.6 is 11.6 Å². The van der Waals surface area contributed by atoms with Gasteiger partial charge in [0, 0.05) is 5.92 Å². The van der Waals surface area contributed by atoms with Gasteiger partial charge in [-0.3, -0.25) is 0 Å². The smallest absolute Gasteiger partial charge is 0.229 e. The first-order valence-corrected chi connectivity index (χ1v) is 7.14. The second-order valence-electron chi connectivity index (χ2n) is 4.49. The first kappa shape index (κ1) is 14.5. The lowest BCUT2D eigenvalue weighted by Crippen LogP contribution is -1.99. The minimum absolute atomic E-state index is 0.110. The minimum atomic E-state index is -0.110. The average Bonchev–Trinajstić information content (AvgIpc) is 2.80. The summed E-state index contributed by atoms with van der Waals surface area (Å²) in [5.41, 5.74) is 0. The lowest BCUT2D eigenvalue weighted by molar-refractivity contribution is 0.336. The standard InChI is InChI=1S/C13H23ClN2O/c1-4-7-9-10(6-3)13-15-12(16-17-13)11(14)8-5-2/h10-11H,4-9H2,1-3H3. The highest BCUT2D eigenvalue weighted by Gasteiger charge is 2.20. The molecule has 0 amide bonds. The Morgan fingerprint density at radius 1 is 1.18 bits per heavy atom. The van der Waals surface area contributed by atoms with Crippen LogP contribution in [0.3, 0.4) is 0 Å². The molecule has 0 bridgehead atoms. The molecule has 1 aromatic rings. The topological polar surface area (TPSA) is 38.9 Å². The fraction of sp³-hybridized carbons (Fsp3) is 0.846. The van der Waals surface area contributed by atoms with E-state index in [1.807, 2.05) is 0 Å². The summed E-state index contributed by atoms with van der Waals surface area (Å²) in [5.74, 6) is 1.80. The minimum Gasteiger partial charge on any atom is -0.339 e. The maximum atomic E-state index is 6.19. The van der Waals surface area contributed by atoms with Crippen molar-refractivity contribution in [1.82, 2.24) is 10.1 Å². The molecule has 0 spiro atoms. The molecule has 17 heavy (non-hydrogen) atoms. The molecular weight excluding hydrogens is 236 g/mol. The molecule has 0 fully saturated rings. The number of rotatable bonds is 8.